The molecule has 0 radical (unpaired) electrons. The van der Waals surface area contributed by atoms with E-state index >= 15 is 0 Å². The maximum atomic E-state index is 12.9. The van der Waals surface area contributed by atoms with Crippen LogP contribution in [-0.4, -0.2) is 51.1 Å². The molecule has 0 heterocycles. The van der Waals surface area contributed by atoms with Gasteiger partial charge in [0, 0.05) is 5.56 Å². The predicted molar refractivity (Wildman–Crippen MR) is 113 cm³/mol. The third-order valence-corrected chi connectivity index (χ3v) is 5.96. The molecule has 2 aromatic rings. The van der Waals surface area contributed by atoms with Gasteiger partial charge in [-0.3, -0.25) is 9.11 Å². The quantitative estimate of drug-likeness (QED) is 0.398. The summed E-state index contributed by atoms with van der Waals surface area (Å²) in [6.07, 6.45) is 0.697. The lowest BCUT2D eigenvalue weighted by atomic mass is 9.97. The van der Waals surface area contributed by atoms with Gasteiger partial charge in [0.15, 0.2) is 0 Å². The van der Waals surface area contributed by atoms with Gasteiger partial charge >= 0.3 is 11.9 Å². The largest absolute Gasteiger partial charge is 0.462 e. The number of rotatable bonds is 9. The van der Waals surface area contributed by atoms with Crippen LogP contribution in [0.5, 0.6) is 0 Å². The summed E-state index contributed by atoms with van der Waals surface area (Å²) in [4.78, 5) is 23.4. The molecule has 0 amide bonds. The Hall–Kier alpha value is -2.80. The molecule has 2 N–H and O–H groups in total. The van der Waals surface area contributed by atoms with E-state index < -0.39 is 58.7 Å². The Bertz CT molecular complexity index is 1220. The van der Waals surface area contributed by atoms with E-state index in [4.69, 9.17) is 9.47 Å². The molecule has 0 aromatic heterocycles. The lowest BCUT2D eigenvalue weighted by Crippen LogP contribution is -2.21. The summed E-state index contributed by atoms with van der Waals surface area (Å²) in [5.41, 5.74) is -2.38. The van der Waals surface area contributed by atoms with Crippen molar-refractivity contribution in [1.29, 1.82) is 0 Å². The topological polar surface area (TPSA) is 161 Å². The molecule has 0 aliphatic heterocycles. The maximum Gasteiger partial charge on any atom is 0.340 e. The highest BCUT2D eigenvalue weighted by Gasteiger charge is 2.37. The van der Waals surface area contributed by atoms with E-state index in [9.17, 15) is 35.5 Å². The van der Waals surface area contributed by atoms with Crippen LogP contribution in [0, 0.1) is 0 Å². The molecule has 0 bridgehead atoms. The van der Waals surface area contributed by atoms with Crippen LogP contribution in [0.4, 0.5) is 0 Å². The maximum absolute atomic E-state index is 12.9. The van der Waals surface area contributed by atoms with Crippen molar-refractivity contribution in [3.05, 3.63) is 47.5 Å². The predicted octanol–water partition coefficient (Wildman–Crippen LogP) is 2.98. The van der Waals surface area contributed by atoms with E-state index in [0.29, 0.717) is 18.9 Å². The third-order valence-electron chi connectivity index (χ3n) is 4.14. The first kappa shape index (κ1) is 25.5. The Kier molecular flexibility index (Phi) is 8.13. The van der Waals surface area contributed by atoms with E-state index in [0.717, 1.165) is 0 Å². The van der Waals surface area contributed by atoms with Crippen LogP contribution in [0.25, 0.3) is 11.1 Å². The number of carbonyl (C=O) groups is 2. The minimum atomic E-state index is -5.28. The average Bonchev–Trinajstić information content (AvgIpc) is 2.73. The summed E-state index contributed by atoms with van der Waals surface area (Å²) >= 11 is 0. The van der Waals surface area contributed by atoms with Crippen LogP contribution in [0.2, 0.25) is 0 Å². The Morgan fingerprint density at radius 3 is 1.84 bits per heavy atom. The molecular weight excluding hydrogens is 464 g/mol. The van der Waals surface area contributed by atoms with Crippen molar-refractivity contribution in [2.75, 3.05) is 13.2 Å². The fourth-order valence-corrected chi connectivity index (χ4v) is 4.50. The van der Waals surface area contributed by atoms with Gasteiger partial charge in [0.05, 0.1) is 24.3 Å². The molecule has 32 heavy (non-hydrogen) atoms. The normalized spacial score (nSPS) is 11.8. The molecule has 0 aliphatic rings. The number of esters is 2. The van der Waals surface area contributed by atoms with E-state index in [1.165, 1.54) is 24.3 Å². The van der Waals surface area contributed by atoms with Gasteiger partial charge in [-0.25, -0.2) is 9.59 Å². The fourth-order valence-electron chi connectivity index (χ4n) is 2.89. The Morgan fingerprint density at radius 2 is 1.38 bits per heavy atom. The molecule has 0 saturated carbocycles. The van der Waals surface area contributed by atoms with Crippen molar-refractivity contribution in [2.24, 2.45) is 0 Å². The first-order valence-corrected chi connectivity index (χ1v) is 12.4. The Balaban J connectivity index is 3.12. The van der Waals surface area contributed by atoms with Gasteiger partial charge in [-0.15, -0.1) is 0 Å². The average molecular weight is 487 g/mol. The third kappa shape index (κ3) is 5.71. The monoisotopic (exact) mass is 486 g/mol. The number of carbonyl (C=O) groups excluding carboxylic acids is 2. The molecule has 10 nitrogen and oxygen atoms in total. The molecule has 2 aromatic carbocycles. The summed E-state index contributed by atoms with van der Waals surface area (Å²) in [6.45, 7) is 3.01. The molecule has 0 saturated heterocycles. The van der Waals surface area contributed by atoms with E-state index in [-0.39, 0.29) is 18.8 Å². The van der Waals surface area contributed by atoms with E-state index in [1.807, 2.05) is 0 Å². The molecule has 0 unspecified atom stereocenters. The second kappa shape index (κ2) is 10.2. The summed E-state index contributed by atoms with van der Waals surface area (Å²) in [5, 5.41) is 0. The SMILES string of the molecule is CCCOC(=O)c1cc(S(=O)(=O)O)c(-c2ccccc2)c(C(=O)OCCC)c1S(=O)(=O)O. The van der Waals surface area contributed by atoms with Gasteiger partial charge in [-0.2, -0.15) is 16.8 Å². The van der Waals surface area contributed by atoms with Gasteiger partial charge in [0.1, 0.15) is 9.79 Å². The molecule has 2 rings (SSSR count). The smallest absolute Gasteiger partial charge is 0.340 e. The molecule has 0 spiro atoms. The molecule has 12 heteroatoms. The minimum absolute atomic E-state index is 0.0157. The van der Waals surface area contributed by atoms with Crippen LogP contribution in [0.1, 0.15) is 47.4 Å². The fraction of sp³-hybridized carbons (Fsp3) is 0.300. The van der Waals surface area contributed by atoms with Crippen LogP contribution in [0.3, 0.4) is 0 Å². The van der Waals surface area contributed by atoms with Crippen LogP contribution in [-0.2, 0) is 29.7 Å². The van der Waals surface area contributed by atoms with Crippen molar-refractivity contribution >= 4 is 32.2 Å². The molecular formula is C20H22O10S2. The second-order valence-corrected chi connectivity index (χ2v) is 9.34. The zero-order valence-corrected chi connectivity index (χ0v) is 18.9. The van der Waals surface area contributed by atoms with Crippen LogP contribution >= 0.6 is 0 Å². The van der Waals surface area contributed by atoms with E-state index in [1.54, 1.807) is 19.9 Å². The van der Waals surface area contributed by atoms with Crippen molar-refractivity contribution in [1.82, 2.24) is 0 Å². The van der Waals surface area contributed by atoms with Crippen molar-refractivity contribution in [2.45, 2.75) is 36.5 Å². The lowest BCUT2D eigenvalue weighted by molar-refractivity contribution is 0.0493. The van der Waals surface area contributed by atoms with Crippen LogP contribution in [0.15, 0.2) is 46.2 Å². The zero-order chi connectivity index (χ0) is 24.1. The molecule has 0 aliphatic carbocycles. The standard InChI is InChI=1S/C20H22O10S2/c1-3-10-29-19(21)14-12-15(31(23,24)25)16(13-8-6-5-7-9-13)17(18(14)32(26,27)28)20(22)30-11-4-2/h5-9,12H,3-4,10-11H2,1-2H3,(H,23,24,25)(H,26,27,28). The van der Waals surface area contributed by atoms with Crippen molar-refractivity contribution < 1.29 is 45.0 Å². The molecule has 174 valence electrons. The summed E-state index contributed by atoms with van der Waals surface area (Å²) < 4.78 is 78.7. The minimum Gasteiger partial charge on any atom is -0.462 e. The first-order valence-electron chi connectivity index (χ1n) is 9.49. The number of hydrogen-bond donors (Lipinski definition) is 2. The highest BCUT2D eigenvalue weighted by atomic mass is 32.2. The van der Waals surface area contributed by atoms with Gasteiger partial charge in [-0.05, 0) is 24.5 Å². The molecule has 0 atom stereocenters. The first-order chi connectivity index (χ1) is 14.9. The number of ether oxygens (including phenoxy) is 2. The Labute approximate surface area is 185 Å². The van der Waals surface area contributed by atoms with Crippen molar-refractivity contribution in [3.63, 3.8) is 0 Å². The number of benzene rings is 2. The highest BCUT2D eigenvalue weighted by molar-refractivity contribution is 7.86. The molecule has 0 fully saturated rings. The van der Waals surface area contributed by atoms with E-state index in [2.05, 4.69) is 0 Å². The van der Waals surface area contributed by atoms with Gasteiger partial charge < -0.3 is 9.47 Å². The number of hydrogen-bond acceptors (Lipinski definition) is 8. The lowest BCUT2D eigenvalue weighted by Gasteiger charge is -2.19. The van der Waals surface area contributed by atoms with Gasteiger partial charge in [0.25, 0.3) is 20.2 Å². The zero-order valence-electron chi connectivity index (χ0n) is 17.3. The Morgan fingerprint density at radius 1 is 0.844 bits per heavy atom. The summed E-state index contributed by atoms with van der Waals surface area (Å²) in [5.74, 6) is -2.62. The van der Waals surface area contributed by atoms with Crippen LogP contribution < -0.4 is 0 Å². The summed E-state index contributed by atoms with van der Waals surface area (Å²) in [6, 6.07) is 7.77. The summed E-state index contributed by atoms with van der Waals surface area (Å²) in [7, 11) is -10.4. The van der Waals surface area contributed by atoms with Crippen molar-refractivity contribution in [3.8, 4) is 11.1 Å². The van der Waals surface area contributed by atoms with Gasteiger partial charge in [0.2, 0.25) is 0 Å². The highest BCUT2D eigenvalue weighted by Crippen LogP contribution is 2.38. The second-order valence-electron chi connectivity index (χ2n) is 6.59. The van der Waals surface area contributed by atoms with Gasteiger partial charge in [-0.1, -0.05) is 44.2 Å².